The van der Waals surface area contributed by atoms with E-state index in [0.29, 0.717) is 11.5 Å². The van der Waals surface area contributed by atoms with Crippen molar-refractivity contribution in [2.75, 3.05) is 7.05 Å². The molecule has 1 amide bonds. The van der Waals surface area contributed by atoms with Gasteiger partial charge in [0.1, 0.15) is 0 Å². The number of fused-ring (bicyclic) bond motifs is 2. The fraction of sp³-hybridized carbons (Fsp3) is 0.786. The molecule has 2 heteroatoms. The van der Waals surface area contributed by atoms with Gasteiger partial charge in [0.05, 0.1) is 0 Å². The topological polar surface area (TPSA) is 20.3 Å². The summed E-state index contributed by atoms with van der Waals surface area (Å²) >= 11 is 0. The summed E-state index contributed by atoms with van der Waals surface area (Å²) in [5, 5.41) is 0. The Hall–Kier alpha value is -0.790. The van der Waals surface area contributed by atoms with Crippen LogP contribution in [0, 0.1) is 16.7 Å². The van der Waals surface area contributed by atoms with Crippen molar-refractivity contribution in [3.05, 3.63) is 12.7 Å². The highest BCUT2D eigenvalue weighted by Gasteiger charge is 2.62. The first-order valence-electron chi connectivity index (χ1n) is 6.24. The molecule has 2 bridgehead atoms. The highest BCUT2D eigenvalue weighted by atomic mass is 16.2. The Kier molecular flexibility index (Phi) is 2.45. The predicted octanol–water partition coefficient (Wildman–Crippen LogP) is 2.85. The average molecular weight is 221 g/mol. The highest BCUT2D eigenvalue weighted by molar-refractivity contribution is 5.87. The maximum Gasteiger partial charge on any atom is 0.245 e. The van der Waals surface area contributed by atoms with Gasteiger partial charge in [-0.15, -0.1) is 0 Å². The smallest absolute Gasteiger partial charge is 0.245 e. The molecular weight excluding hydrogens is 198 g/mol. The van der Waals surface area contributed by atoms with Gasteiger partial charge >= 0.3 is 0 Å². The number of carbonyl (C=O) groups excluding carboxylic acids is 1. The van der Waals surface area contributed by atoms with Crippen molar-refractivity contribution in [1.29, 1.82) is 0 Å². The van der Waals surface area contributed by atoms with Crippen molar-refractivity contribution in [2.24, 2.45) is 16.7 Å². The van der Waals surface area contributed by atoms with Crippen LogP contribution in [0.4, 0.5) is 0 Å². The number of rotatable bonds is 2. The molecule has 0 aromatic carbocycles. The third-order valence-electron chi connectivity index (χ3n) is 5.74. The van der Waals surface area contributed by atoms with E-state index < -0.39 is 0 Å². The summed E-state index contributed by atoms with van der Waals surface area (Å²) in [6.45, 7) is 10.7. The van der Waals surface area contributed by atoms with Gasteiger partial charge in [0, 0.05) is 13.1 Å². The monoisotopic (exact) mass is 221 g/mol. The lowest BCUT2D eigenvalue weighted by Gasteiger charge is -2.43. The zero-order valence-corrected chi connectivity index (χ0v) is 10.9. The molecule has 2 saturated carbocycles. The molecule has 16 heavy (non-hydrogen) atoms. The van der Waals surface area contributed by atoms with Crippen LogP contribution in [0.15, 0.2) is 12.7 Å². The molecule has 2 fully saturated rings. The van der Waals surface area contributed by atoms with Crippen molar-refractivity contribution in [3.63, 3.8) is 0 Å². The SMILES string of the molecule is C=CC(=O)N(C)C1CC2CCC1(C)C2(C)C. The number of nitrogens with zero attached hydrogens (tertiary/aromatic N) is 1. The first kappa shape index (κ1) is 11.7. The van der Waals surface area contributed by atoms with Crippen LogP contribution in [0.25, 0.3) is 0 Å². The molecule has 0 spiro atoms. The van der Waals surface area contributed by atoms with Crippen LogP contribution in [0.2, 0.25) is 0 Å². The Morgan fingerprint density at radius 1 is 1.44 bits per heavy atom. The van der Waals surface area contributed by atoms with E-state index in [4.69, 9.17) is 0 Å². The first-order chi connectivity index (χ1) is 7.34. The molecule has 0 saturated heterocycles. The van der Waals surface area contributed by atoms with E-state index in [1.807, 2.05) is 11.9 Å². The number of likely N-dealkylation sites (N-methyl/N-ethyl adjacent to an activating group) is 1. The summed E-state index contributed by atoms with van der Waals surface area (Å²) < 4.78 is 0. The molecule has 2 nitrogen and oxygen atoms in total. The third kappa shape index (κ3) is 1.22. The molecule has 0 radical (unpaired) electrons. The van der Waals surface area contributed by atoms with E-state index in [2.05, 4.69) is 27.4 Å². The van der Waals surface area contributed by atoms with Gasteiger partial charge in [0.25, 0.3) is 0 Å². The molecule has 2 aliphatic carbocycles. The van der Waals surface area contributed by atoms with E-state index in [1.54, 1.807) is 0 Å². The maximum atomic E-state index is 11.7. The van der Waals surface area contributed by atoms with E-state index in [0.717, 1.165) is 5.92 Å². The third-order valence-corrected chi connectivity index (χ3v) is 5.74. The molecule has 2 rings (SSSR count). The van der Waals surface area contributed by atoms with Gasteiger partial charge in [0.15, 0.2) is 0 Å². The molecule has 2 aliphatic rings. The largest absolute Gasteiger partial charge is 0.339 e. The van der Waals surface area contributed by atoms with Crippen LogP contribution >= 0.6 is 0 Å². The van der Waals surface area contributed by atoms with Gasteiger partial charge in [-0.25, -0.2) is 0 Å². The lowest BCUT2D eigenvalue weighted by molar-refractivity contribution is -0.129. The molecule has 3 unspecified atom stereocenters. The number of carbonyl (C=O) groups is 1. The van der Waals surface area contributed by atoms with Gasteiger partial charge in [-0.05, 0) is 42.1 Å². The summed E-state index contributed by atoms with van der Waals surface area (Å²) in [6, 6.07) is 0.395. The fourth-order valence-electron chi connectivity index (χ4n) is 4.04. The lowest BCUT2D eigenvalue weighted by Crippen LogP contribution is -2.47. The summed E-state index contributed by atoms with van der Waals surface area (Å²) in [5.74, 6) is 0.845. The maximum absolute atomic E-state index is 11.7. The Morgan fingerprint density at radius 3 is 2.44 bits per heavy atom. The van der Waals surface area contributed by atoms with Gasteiger partial charge in [0.2, 0.25) is 5.91 Å². The van der Waals surface area contributed by atoms with Crippen molar-refractivity contribution in [1.82, 2.24) is 4.90 Å². The Morgan fingerprint density at radius 2 is 2.06 bits per heavy atom. The Balaban J connectivity index is 2.28. The minimum atomic E-state index is 0.0644. The van der Waals surface area contributed by atoms with Gasteiger partial charge < -0.3 is 4.90 Å². The summed E-state index contributed by atoms with van der Waals surface area (Å²) in [5.41, 5.74) is 0.651. The zero-order valence-electron chi connectivity index (χ0n) is 10.9. The van der Waals surface area contributed by atoms with E-state index in [-0.39, 0.29) is 11.3 Å². The molecule has 0 aromatic heterocycles. The highest BCUT2D eigenvalue weighted by Crippen LogP contribution is 2.66. The quantitative estimate of drug-likeness (QED) is 0.657. The standard InChI is InChI=1S/C14H23NO/c1-6-12(16)15(5)11-9-10-7-8-14(11,4)13(10,2)3/h6,10-11H,1,7-9H2,2-5H3. The van der Waals surface area contributed by atoms with Crippen LogP contribution in [0.3, 0.4) is 0 Å². The lowest BCUT2D eigenvalue weighted by atomic mass is 9.69. The summed E-state index contributed by atoms with van der Waals surface area (Å²) in [4.78, 5) is 13.6. The normalized spacial score (nSPS) is 39.8. The average Bonchev–Trinajstić information content (AvgIpc) is 2.58. The van der Waals surface area contributed by atoms with Crippen LogP contribution in [-0.2, 0) is 4.79 Å². The van der Waals surface area contributed by atoms with Crippen molar-refractivity contribution >= 4 is 5.91 Å². The Labute approximate surface area is 98.7 Å². The van der Waals surface area contributed by atoms with Gasteiger partial charge in [-0.3, -0.25) is 4.79 Å². The molecule has 0 aliphatic heterocycles. The van der Waals surface area contributed by atoms with Crippen LogP contribution < -0.4 is 0 Å². The van der Waals surface area contributed by atoms with E-state index in [1.165, 1.54) is 25.3 Å². The Bertz CT molecular complexity index is 334. The van der Waals surface area contributed by atoms with E-state index >= 15 is 0 Å². The molecule has 3 atom stereocenters. The van der Waals surface area contributed by atoms with Crippen molar-refractivity contribution in [3.8, 4) is 0 Å². The summed E-state index contributed by atoms with van der Waals surface area (Å²) in [6.07, 6.45) is 5.18. The zero-order chi connectivity index (χ0) is 12.1. The second kappa shape index (κ2) is 3.35. The fourth-order valence-corrected chi connectivity index (χ4v) is 4.04. The minimum absolute atomic E-state index is 0.0644. The summed E-state index contributed by atoms with van der Waals surface area (Å²) in [7, 11) is 1.93. The van der Waals surface area contributed by atoms with Crippen molar-refractivity contribution < 1.29 is 4.79 Å². The molecule has 90 valence electrons. The molecule has 0 heterocycles. The second-order valence-corrected chi connectivity index (χ2v) is 6.28. The van der Waals surface area contributed by atoms with E-state index in [9.17, 15) is 4.79 Å². The minimum Gasteiger partial charge on any atom is -0.339 e. The van der Waals surface area contributed by atoms with Crippen LogP contribution in [0.5, 0.6) is 0 Å². The molecule has 0 N–H and O–H groups in total. The van der Waals surface area contributed by atoms with Gasteiger partial charge in [-0.2, -0.15) is 0 Å². The van der Waals surface area contributed by atoms with Crippen molar-refractivity contribution in [2.45, 2.75) is 46.1 Å². The number of hydrogen-bond donors (Lipinski definition) is 0. The van der Waals surface area contributed by atoms with Gasteiger partial charge in [-0.1, -0.05) is 27.4 Å². The van der Waals surface area contributed by atoms with Crippen LogP contribution in [0.1, 0.15) is 40.0 Å². The predicted molar refractivity (Wildman–Crippen MR) is 66.0 cm³/mol. The molecule has 0 aromatic rings. The second-order valence-electron chi connectivity index (χ2n) is 6.28. The number of amides is 1. The molecular formula is C14H23NO. The van der Waals surface area contributed by atoms with Crippen LogP contribution in [-0.4, -0.2) is 23.9 Å². The first-order valence-corrected chi connectivity index (χ1v) is 6.24. The number of hydrogen-bond acceptors (Lipinski definition) is 1.